The van der Waals surface area contributed by atoms with Crippen molar-refractivity contribution < 1.29 is 4.79 Å². The van der Waals surface area contributed by atoms with Crippen molar-refractivity contribution in [2.75, 3.05) is 33.7 Å². The molecule has 1 rings (SSSR count). The van der Waals surface area contributed by atoms with E-state index in [1.807, 2.05) is 0 Å². The smallest absolute Gasteiger partial charge is 0.235 e. The van der Waals surface area contributed by atoms with Gasteiger partial charge in [0.1, 0.15) is 0 Å². The Morgan fingerprint density at radius 1 is 1.60 bits per heavy atom. The number of carbonyl (C=O) groups excluding carboxylic acids is 1. The quantitative estimate of drug-likeness (QED) is 0.618. The lowest BCUT2D eigenvalue weighted by Crippen LogP contribution is -2.51. The van der Waals surface area contributed by atoms with Crippen LogP contribution in [-0.4, -0.2) is 61.5 Å². The molecule has 0 saturated carbocycles. The van der Waals surface area contributed by atoms with Gasteiger partial charge >= 0.3 is 0 Å². The summed E-state index contributed by atoms with van der Waals surface area (Å²) in [4.78, 5) is 15.3. The van der Waals surface area contributed by atoms with Gasteiger partial charge in [0.05, 0.1) is 6.04 Å². The van der Waals surface area contributed by atoms with Crippen molar-refractivity contribution in [3.8, 4) is 0 Å². The number of carbonyl (C=O) groups is 1. The molecule has 0 spiro atoms. The Hall–Kier alpha value is -0.650. The highest BCUT2D eigenvalue weighted by molar-refractivity contribution is 5.79. The van der Waals surface area contributed by atoms with Gasteiger partial charge in [-0.1, -0.05) is 0 Å². The second-order valence-electron chi connectivity index (χ2n) is 4.53. The van der Waals surface area contributed by atoms with Gasteiger partial charge in [0, 0.05) is 19.1 Å². The summed E-state index contributed by atoms with van der Waals surface area (Å²) in [5.74, 6) is -0.415. The zero-order chi connectivity index (χ0) is 11.4. The molecule has 1 heterocycles. The van der Waals surface area contributed by atoms with Crippen molar-refractivity contribution in [2.24, 2.45) is 11.5 Å². The molecular weight excluding hydrogens is 192 g/mol. The molecule has 0 radical (unpaired) electrons. The number of hydrogen-bond acceptors (Lipinski definition) is 4. The molecule has 0 bridgehead atoms. The van der Waals surface area contributed by atoms with Gasteiger partial charge in [-0.2, -0.15) is 0 Å². The first-order chi connectivity index (χ1) is 7.00. The summed E-state index contributed by atoms with van der Waals surface area (Å²) in [7, 11) is 4.17. The first kappa shape index (κ1) is 12.4. The van der Waals surface area contributed by atoms with Crippen LogP contribution in [-0.2, 0) is 4.79 Å². The van der Waals surface area contributed by atoms with Crippen molar-refractivity contribution in [2.45, 2.75) is 24.9 Å². The Kier molecular flexibility index (Phi) is 4.50. The highest BCUT2D eigenvalue weighted by Gasteiger charge is 2.23. The highest BCUT2D eigenvalue weighted by Crippen LogP contribution is 2.13. The van der Waals surface area contributed by atoms with Crippen LogP contribution in [0.5, 0.6) is 0 Å². The molecule has 15 heavy (non-hydrogen) atoms. The number of piperidine rings is 1. The van der Waals surface area contributed by atoms with Gasteiger partial charge in [0.2, 0.25) is 5.91 Å². The molecule has 5 nitrogen and oxygen atoms in total. The number of primary amides is 1. The Morgan fingerprint density at radius 3 is 2.80 bits per heavy atom. The summed E-state index contributed by atoms with van der Waals surface area (Å²) in [6.45, 7) is 2.58. The number of amides is 1. The van der Waals surface area contributed by atoms with Crippen LogP contribution in [0, 0.1) is 0 Å². The van der Waals surface area contributed by atoms with E-state index in [0.717, 1.165) is 19.5 Å². The third-order valence-electron chi connectivity index (χ3n) is 3.03. The first-order valence-electron chi connectivity index (χ1n) is 5.44. The fourth-order valence-electron chi connectivity index (χ4n) is 1.99. The molecule has 4 N–H and O–H groups in total. The predicted molar refractivity (Wildman–Crippen MR) is 60.3 cm³/mol. The van der Waals surface area contributed by atoms with E-state index in [0.29, 0.717) is 12.6 Å². The number of hydrogen-bond donors (Lipinski definition) is 2. The summed E-state index contributed by atoms with van der Waals surface area (Å²) in [6.07, 6.45) is 2.38. The Balaban J connectivity index is 2.39. The van der Waals surface area contributed by atoms with Crippen molar-refractivity contribution in [1.29, 1.82) is 0 Å². The molecule has 0 aromatic heterocycles. The number of nitrogens with zero attached hydrogens (tertiary/aromatic N) is 2. The average molecular weight is 214 g/mol. The molecule has 1 saturated heterocycles. The van der Waals surface area contributed by atoms with Gasteiger partial charge in [0.25, 0.3) is 0 Å². The van der Waals surface area contributed by atoms with Crippen LogP contribution in [0.25, 0.3) is 0 Å². The summed E-state index contributed by atoms with van der Waals surface area (Å²) in [6, 6.07) is 0.0322. The molecule has 1 aliphatic rings. The number of nitrogens with two attached hydrogens (primary N) is 2. The second kappa shape index (κ2) is 5.44. The standard InChI is InChI=1S/C10H22N4O/c1-13(2)8-4-3-5-14(6-8)7-9(11)10(12)15/h8-9H,3-7,11H2,1-2H3,(H2,12,15). The monoisotopic (exact) mass is 214 g/mol. The minimum atomic E-state index is -0.536. The second-order valence-corrected chi connectivity index (χ2v) is 4.53. The lowest BCUT2D eigenvalue weighted by atomic mass is 10.0. The normalized spacial score (nSPS) is 25.5. The topological polar surface area (TPSA) is 75.6 Å². The fraction of sp³-hybridized carbons (Fsp3) is 0.900. The van der Waals surface area contributed by atoms with E-state index in [2.05, 4.69) is 23.9 Å². The SMILES string of the molecule is CN(C)C1CCCN(CC(N)C(N)=O)C1. The van der Waals surface area contributed by atoms with Crippen LogP contribution in [0.1, 0.15) is 12.8 Å². The van der Waals surface area contributed by atoms with E-state index in [1.54, 1.807) is 0 Å². The Bertz CT molecular complexity index is 219. The van der Waals surface area contributed by atoms with E-state index in [1.165, 1.54) is 6.42 Å². The summed E-state index contributed by atoms with van der Waals surface area (Å²) >= 11 is 0. The molecule has 88 valence electrons. The summed E-state index contributed by atoms with van der Waals surface area (Å²) in [5, 5.41) is 0. The van der Waals surface area contributed by atoms with Gasteiger partial charge < -0.3 is 16.4 Å². The van der Waals surface area contributed by atoms with Crippen molar-refractivity contribution in [3.05, 3.63) is 0 Å². The third-order valence-corrected chi connectivity index (χ3v) is 3.03. The Morgan fingerprint density at radius 2 is 2.27 bits per heavy atom. The van der Waals surface area contributed by atoms with E-state index in [9.17, 15) is 4.79 Å². The largest absolute Gasteiger partial charge is 0.368 e. The van der Waals surface area contributed by atoms with E-state index >= 15 is 0 Å². The van der Waals surface area contributed by atoms with Crippen LogP contribution >= 0.6 is 0 Å². The molecule has 2 unspecified atom stereocenters. The van der Waals surface area contributed by atoms with E-state index in [-0.39, 0.29) is 0 Å². The molecule has 0 aliphatic carbocycles. The van der Waals surface area contributed by atoms with Gasteiger partial charge in [-0.05, 0) is 33.5 Å². The van der Waals surface area contributed by atoms with Crippen molar-refractivity contribution in [3.63, 3.8) is 0 Å². The molecule has 1 fully saturated rings. The predicted octanol–water partition coefficient (Wildman–Crippen LogP) is -1.17. The maximum Gasteiger partial charge on any atom is 0.235 e. The zero-order valence-electron chi connectivity index (χ0n) is 9.65. The molecule has 2 atom stereocenters. The van der Waals surface area contributed by atoms with Gasteiger partial charge in [-0.15, -0.1) is 0 Å². The zero-order valence-corrected chi connectivity index (χ0v) is 9.65. The number of likely N-dealkylation sites (N-methyl/N-ethyl adjacent to an activating group) is 1. The maximum atomic E-state index is 10.8. The molecular formula is C10H22N4O. The minimum absolute atomic E-state index is 0.415. The lowest BCUT2D eigenvalue weighted by molar-refractivity contribution is -0.119. The van der Waals surface area contributed by atoms with E-state index < -0.39 is 11.9 Å². The van der Waals surface area contributed by atoms with Crippen LogP contribution in [0.4, 0.5) is 0 Å². The van der Waals surface area contributed by atoms with Crippen LogP contribution in [0.15, 0.2) is 0 Å². The van der Waals surface area contributed by atoms with Gasteiger partial charge in [-0.3, -0.25) is 9.69 Å². The number of likely N-dealkylation sites (tertiary alicyclic amines) is 1. The Labute approximate surface area is 91.4 Å². The van der Waals surface area contributed by atoms with E-state index in [4.69, 9.17) is 11.5 Å². The van der Waals surface area contributed by atoms with Gasteiger partial charge in [-0.25, -0.2) is 0 Å². The third kappa shape index (κ3) is 3.77. The maximum absolute atomic E-state index is 10.8. The highest BCUT2D eigenvalue weighted by atomic mass is 16.1. The molecule has 5 heteroatoms. The fourth-order valence-corrected chi connectivity index (χ4v) is 1.99. The van der Waals surface area contributed by atoms with Crippen molar-refractivity contribution in [1.82, 2.24) is 9.80 Å². The van der Waals surface area contributed by atoms with Crippen LogP contribution in [0.3, 0.4) is 0 Å². The first-order valence-corrected chi connectivity index (χ1v) is 5.44. The van der Waals surface area contributed by atoms with Gasteiger partial charge in [0.15, 0.2) is 0 Å². The average Bonchev–Trinajstić information content (AvgIpc) is 2.18. The molecule has 0 aromatic carbocycles. The summed E-state index contributed by atoms with van der Waals surface area (Å²) in [5.41, 5.74) is 10.8. The van der Waals surface area contributed by atoms with Crippen LogP contribution < -0.4 is 11.5 Å². The number of rotatable bonds is 4. The molecule has 1 amide bonds. The van der Waals surface area contributed by atoms with Crippen LogP contribution in [0.2, 0.25) is 0 Å². The summed E-state index contributed by atoms with van der Waals surface area (Å²) < 4.78 is 0. The molecule has 1 aliphatic heterocycles. The van der Waals surface area contributed by atoms with Crippen molar-refractivity contribution >= 4 is 5.91 Å². The minimum Gasteiger partial charge on any atom is -0.368 e. The molecule has 0 aromatic rings. The lowest BCUT2D eigenvalue weighted by Gasteiger charge is -2.36.